The average molecular weight is 399 g/mol. The van der Waals surface area contributed by atoms with Crippen LogP contribution in [0, 0.1) is 6.92 Å². The Morgan fingerprint density at radius 1 is 1.20 bits per heavy atom. The second-order valence-electron chi connectivity index (χ2n) is 6.76. The summed E-state index contributed by atoms with van der Waals surface area (Å²) in [6.07, 6.45) is 5.02. The van der Waals surface area contributed by atoms with Gasteiger partial charge in [-0.25, -0.2) is 9.97 Å². The van der Waals surface area contributed by atoms with Crippen LogP contribution < -0.4 is 5.32 Å². The Labute approximate surface area is 170 Å². The third-order valence-electron chi connectivity index (χ3n) is 4.85. The SMILES string of the molecule is Cc1noc2nc(-c3ccco3)cc(C(=O)NCc3ccccc3-c3ncc[nH]3)c12. The van der Waals surface area contributed by atoms with Gasteiger partial charge in [0.25, 0.3) is 11.6 Å². The van der Waals surface area contributed by atoms with Crippen molar-refractivity contribution in [2.45, 2.75) is 13.5 Å². The van der Waals surface area contributed by atoms with Crippen molar-refractivity contribution in [1.29, 1.82) is 0 Å². The highest BCUT2D eigenvalue weighted by atomic mass is 16.5. The number of pyridine rings is 1. The van der Waals surface area contributed by atoms with Crippen molar-refractivity contribution >= 4 is 17.0 Å². The Kier molecular flexibility index (Phi) is 4.36. The first-order chi connectivity index (χ1) is 14.7. The molecule has 8 nitrogen and oxygen atoms in total. The number of furan rings is 1. The molecular weight excluding hydrogens is 382 g/mol. The summed E-state index contributed by atoms with van der Waals surface area (Å²) in [7, 11) is 0. The third-order valence-corrected chi connectivity index (χ3v) is 4.85. The Morgan fingerprint density at radius 2 is 2.10 bits per heavy atom. The van der Waals surface area contributed by atoms with E-state index in [0.29, 0.717) is 40.4 Å². The van der Waals surface area contributed by atoms with E-state index < -0.39 is 0 Å². The van der Waals surface area contributed by atoms with Gasteiger partial charge in [-0.3, -0.25) is 4.79 Å². The second-order valence-corrected chi connectivity index (χ2v) is 6.76. The van der Waals surface area contributed by atoms with Gasteiger partial charge < -0.3 is 19.2 Å². The summed E-state index contributed by atoms with van der Waals surface area (Å²) in [6.45, 7) is 2.11. The van der Waals surface area contributed by atoms with Crippen molar-refractivity contribution in [2.75, 3.05) is 0 Å². The molecule has 0 radical (unpaired) electrons. The first kappa shape index (κ1) is 17.9. The van der Waals surface area contributed by atoms with Crippen LogP contribution in [0.5, 0.6) is 0 Å². The molecule has 0 bridgehead atoms. The summed E-state index contributed by atoms with van der Waals surface area (Å²) in [4.78, 5) is 25.0. The maximum atomic E-state index is 13.1. The lowest BCUT2D eigenvalue weighted by atomic mass is 10.1. The summed E-state index contributed by atoms with van der Waals surface area (Å²) >= 11 is 0. The third kappa shape index (κ3) is 3.14. The summed E-state index contributed by atoms with van der Waals surface area (Å²) in [6, 6.07) is 13.0. The van der Waals surface area contributed by atoms with Crippen LogP contribution in [0.15, 0.2) is 70.1 Å². The van der Waals surface area contributed by atoms with E-state index in [9.17, 15) is 4.79 Å². The summed E-state index contributed by atoms with van der Waals surface area (Å²) in [5, 5.41) is 7.54. The van der Waals surface area contributed by atoms with Crippen molar-refractivity contribution in [3.63, 3.8) is 0 Å². The highest BCUT2D eigenvalue weighted by molar-refractivity contribution is 6.06. The molecule has 0 aliphatic carbocycles. The van der Waals surface area contributed by atoms with Gasteiger partial charge in [-0.05, 0) is 30.7 Å². The van der Waals surface area contributed by atoms with Gasteiger partial charge in [-0.1, -0.05) is 29.4 Å². The monoisotopic (exact) mass is 399 g/mol. The average Bonchev–Trinajstić information content (AvgIpc) is 3.54. The first-order valence-electron chi connectivity index (χ1n) is 9.37. The molecular formula is C22H17N5O3. The van der Waals surface area contributed by atoms with Gasteiger partial charge in [-0.2, -0.15) is 0 Å². The minimum absolute atomic E-state index is 0.254. The summed E-state index contributed by atoms with van der Waals surface area (Å²) in [5.41, 5.74) is 3.71. The molecule has 0 spiro atoms. The topological polar surface area (TPSA) is 110 Å². The number of aromatic amines is 1. The number of H-pyrrole nitrogens is 1. The van der Waals surface area contributed by atoms with E-state index in [1.54, 1.807) is 43.8 Å². The molecule has 0 fully saturated rings. The highest BCUT2D eigenvalue weighted by Gasteiger charge is 2.20. The fourth-order valence-electron chi connectivity index (χ4n) is 3.41. The van der Waals surface area contributed by atoms with Gasteiger partial charge in [0.15, 0.2) is 5.76 Å². The quantitative estimate of drug-likeness (QED) is 0.460. The summed E-state index contributed by atoms with van der Waals surface area (Å²) < 4.78 is 10.7. The van der Waals surface area contributed by atoms with E-state index in [2.05, 4.69) is 25.4 Å². The zero-order valence-electron chi connectivity index (χ0n) is 16.0. The number of carbonyl (C=O) groups excluding carboxylic acids is 1. The van der Waals surface area contributed by atoms with E-state index in [1.165, 1.54) is 0 Å². The molecule has 0 saturated carbocycles. The zero-order valence-corrected chi connectivity index (χ0v) is 16.0. The lowest BCUT2D eigenvalue weighted by Crippen LogP contribution is -2.23. The van der Waals surface area contributed by atoms with Crippen LogP contribution in [-0.4, -0.2) is 26.0 Å². The number of fused-ring (bicyclic) bond motifs is 1. The van der Waals surface area contributed by atoms with Gasteiger partial charge in [0.1, 0.15) is 11.5 Å². The fraction of sp³-hybridized carbons (Fsp3) is 0.0909. The van der Waals surface area contributed by atoms with E-state index in [0.717, 1.165) is 17.0 Å². The predicted molar refractivity (Wildman–Crippen MR) is 109 cm³/mol. The number of aromatic nitrogens is 4. The molecule has 0 aliphatic rings. The molecule has 1 amide bonds. The molecule has 0 aliphatic heterocycles. The standard InChI is InChI=1S/C22H17N5O3/c1-13-19-16(11-17(18-7-4-10-29-18)26-22(19)30-27-13)21(28)25-12-14-5-2-3-6-15(14)20-23-8-9-24-20/h2-11H,12H2,1H3,(H,23,24)(H,25,28). The molecule has 0 atom stereocenters. The van der Waals surface area contributed by atoms with Gasteiger partial charge in [0, 0.05) is 24.5 Å². The van der Waals surface area contributed by atoms with Gasteiger partial charge in [0.2, 0.25) is 0 Å². The Hall–Kier alpha value is -4.20. The van der Waals surface area contributed by atoms with Gasteiger partial charge in [0.05, 0.1) is 22.9 Å². The van der Waals surface area contributed by atoms with Crippen molar-refractivity contribution in [3.05, 3.63) is 77.9 Å². The number of hydrogen-bond donors (Lipinski definition) is 2. The molecule has 5 rings (SSSR count). The van der Waals surface area contributed by atoms with Crippen LogP contribution in [0.2, 0.25) is 0 Å². The van der Waals surface area contributed by atoms with Crippen molar-refractivity contribution < 1.29 is 13.7 Å². The Balaban J connectivity index is 1.48. The Morgan fingerprint density at radius 3 is 2.90 bits per heavy atom. The molecule has 4 heterocycles. The minimum Gasteiger partial charge on any atom is -0.463 e. The largest absolute Gasteiger partial charge is 0.463 e. The van der Waals surface area contributed by atoms with Gasteiger partial charge >= 0.3 is 0 Å². The van der Waals surface area contributed by atoms with E-state index >= 15 is 0 Å². The molecule has 4 aromatic heterocycles. The maximum Gasteiger partial charge on any atom is 0.259 e. The van der Waals surface area contributed by atoms with Crippen LogP contribution in [0.1, 0.15) is 21.6 Å². The lowest BCUT2D eigenvalue weighted by molar-refractivity contribution is 0.0952. The number of amides is 1. The molecule has 8 heteroatoms. The Bertz CT molecular complexity index is 1320. The lowest BCUT2D eigenvalue weighted by Gasteiger charge is -2.10. The van der Waals surface area contributed by atoms with Crippen molar-refractivity contribution in [2.24, 2.45) is 0 Å². The molecule has 0 saturated heterocycles. The normalized spacial score (nSPS) is 11.1. The van der Waals surface area contributed by atoms with Gasteiger partial charge in [-0.15, -0.1) is 0 Å². The maximum absolute atomic E-state index is 13.1. The van der Waals surface area contributed by atoms with Crippen LogP contribution in [0.3, 0.4) is 0 Å². The van der Waals surface area contributed by atoms with Crippen LogP contribution in [-0.2, 0) is 6.54 Å². The predicted octanol–water partition coefficient (Wildman–Crippen LogP) is 4.11. The molecule has 2 N–H and O–H groups in total. The number of nitrogens with one attached hydrogen (secondary N) is 2. The van der Waals surface area contributed by atoms with Crippen LogP contribution in [0.25, 0.3) is 33.9 Å². The number of aryl methyl sites for hydroxylation is 1. The van der Waals surface area contributed by atoms with E-state index in [-0.39, 0.29) is 5.91 Å². The van der Waals surface area contributed by atoms with Crippen LogP contribution >= 0.6 is 0 Å². The molecule has 5 aromatic rings. The number of benzene rings is 1. The molecule has 148 valence electrons. The number of hydrogen-bond acceptors (Lipinski definition) is 6. The molecule has 1 aromatic carbocycles. The van der Waals surface area contributed by atoms with E-state index in [4.69, 9.17) is 8.94 Å². The molecule has 0 unspecified atom stereocenters. The highest BCUT2D eigenvalue weighted by Crippen LogP contribution is 2.27. The second kappa shape index (κ2) is 7.32. The number of carbonyl (C=O) groups is 1. The number of rotatable bonds is 5. The van der Waals surface area contributed by atoms with Crippen molar-refractivity contribution in [3.8, 4) is 22.8 Å². The number of imidazole rings is 1. The minimum atomic E-state index is -0.254. The fourth-order valence-corrected chi connectivity index (χ4v) is 3.41. The van der Waals surface area contributed by atoms with E-state index in [1.807, 2.05) is 24.3 Å². The molecule has 30 heavy (non-hydrogen) atoms. The summed E-state index contributed by atoms with van der Waals surface area (Å²) in [5.74, 6) is 1.04. The van der Waals surface area contributed by atoms with Crippen LogP contribution in [0.4, 0.5) is 0 Å². The first-order valence-corrected chi connectivity index (χ1v) is 9.37. The van der Waals surface area contributed by atoms with Crippen molar-refractivity contribution in [1.82, 2.24) is 25.4 Å². The number of nitrogens with zero attached hydrogens (tertiary/aromatic N) is 3. The zero-order chi connectivity index (χ0) is 20.5. The smallest absolute Gasteiger partial charge is 0.259 e.